The summed E-state index contributed by atoms with van der Waals surface area (Å²) >= 11 is 6.01. The fourth-order valence-electron chi connectivity index (χ4n) is 1.38. The van der Waals surface area contributed by atoms with Gasteiger partial charge in [-0.05, 0) is 23.8 Å². The van der Waals surface area contributed by atoms with E-state index in [0.717, 1.165) is 16.9 Å². The van der Waals surface area contributed by atoms with Crippen LogP contribution in [0.25, 0.3) is 11.3 Å². The molecule has 2 nitrogen and oxygen atoms in total. The molecule has 0 saturated carbocycles. The summed E-state index contributed by atoms with van der Waals surface area (Å²) in [5.41, 5.74) is 7.45. The molecule has 0 spiro atoms. The Bertz CT molecular complexity index is 423. The number of rotatable bonds is 2. The average Bonchev–Trinajstić information content (AvgIpc) is 2.70. The maximum Gasteiger partial charge on any atom is 0.170 e. The maximum atomic E-state index is 6.01. The Morgan fingerprint density at radius 1 is 1.36 bits per heavy atom. The number of halogens is 1. The number of hydrogen-bond acceptors (Lipinski definition) is 2. The molecule has 1 radical (unpaired) electrons. The third-order valence-corrected chi connectivity index (χ3v) is 2.41. The van der Waals surface area contributed by atoms with Crippen molar-refractivity contribution in [3.05, 3.63) is 47.2 Å². The van der Waals surface area contributed by atoms with Gasteiger partial charge in [-0.25, -0.2) is 0 Å². The van der Waals surface area contributed by atoms with Crippen LogP contribution in [0, 0.1) is 6.26 Å². The molecule has 0 atom stereocenters. The molecule has 2 rings (SSSR count). The molecule has 2 N–H and O–H groups in total. The number of furan rings is 1. The van der Waals surface area contributed by atoms with Crippen LogP contribution in [-0.4, -0.2) is 0 Å². The van der Waals surface area contributed by atoms with E-state index in [2.05, 4.69) is 6.26 Å². The van der Waals surface area contributed by atoms with Gasteiger partial charge in [0.15, 0.2) is 6.26 Å². The summed E-state index contributed by atoms with van der Waals surface area (Å²) in [5.74, 6) is 0.743. The van der Waals surface area contributed by atoms with Gasteiger partial charge < -0.3 is 10.2 Å². The Balaban J connectivity index is 2.58. The van der Waals surface area contributed by atoms with Crippen molar-refractivity contribution in [1.82, 2.24) is 0 Å². The fraction of sp³-hybridized carbons (Fsp3) is 0.0909. The van der Waals surface area contributed by atoms with Crippen molar-refractivity contribution in [2.45, 2.75) is 6.54 Å². The molecular formula is C11H9ClNO. The summed E-state index contributed by atoms with van der Waals surface area (Å²) in [6.45, 7) is 0.399. The first-order valence-corrected chi connectivity index (χ1v) is 4.64. The van der Waals surface area contributed by atoms with E-state index in [1.165, 1.54) is 0 Å². The molecular weight excluding hydrogens is 198 g/mol. The van der Waals surface area contributed by atoms with Gasteiger partial charge in [0.05, 0.1) is 0 Å². The third-order valence-electron chi connectivity index (χ3n) is 2.06. The van der Waals surface area contributed by atoms with Gasteiger partial charge in [0.1, 0.15) is 5.76 Å². The molecule has 3 heteroatoms. The van der Waals surface area contributed by atoms with E-state index in [1.807, 2.05) is 24.3 Å². The Morgan fingerprint density at radius 2 is 2.21 bits per heavy atom. The van der Waals surface area contributed by atoms with Gasteiger partial charge in [-0.2, -0.15) is 0 Å². The topological polar surface area (TPSA) is 39.2 Å². The zero-order valence-corrected chi connectivity index (χ0v) is 8.21. The van der Waals surface area contributed by atoms with Crippen LogP contribution in [0.1, 0.15) is 5.56 Å². The fourth-order valence-corrected chi connectivity index (χ4v) is 1.63. The molecule has 0 bridgehead atoms. The lowest BCUT2D eigenvalue weighted by atomic mass is 10.1. The van der Waals surface area contributed by atoms with Crippen molar-refractivity contribution >= 4 is 11.6 Å². The Labute approximate surface area is 87.3 Å². The van der Waals surface area contributed by atoms with E-state index in [0.29, 0.717) is 11.6 Å². The van der Waals surface area contributed by atoms with Crippen LogP contribution in [0.5, 0.6) is 0 Å². The molecule has 14 heavy (non-hydrogen) atoms. The highest BCUT2D eigenvalue weighted by Gasteiger charge is 2.08. The normalized spacial score (nSPS) is 10.4. The van der Waals surface area contributed by atoms with Gasteiger partial charge in [0.2, 0.25) is 0 Å². The van der Waals surface area contributed by atoms with E-state index >= 15 is 0 Å². The molecule has 0 aliphatic rings. The zero-order valence-electron chi connectivity index (χ0n) is 7.46. The predicted octanol–water partition coefficient (Wildman–Crippen LogP) is 2.86. The quantitative estimate of drug-likeness (QED) is 0.821. The number of benzene rings is 1. The van der Waals surface area contributed by atoms with Crippen molar-refractivity contribution in [3.63, 3.8) is 0 Å². The van der Waals surface area contributed by atoms with Gasteiger partial charge in [-0.15, -0.1) is 0 Å². The van der Waals surface area contributed by atoms with Gasteiger partial charge in [-0.3, -0.25) is 0 Å². The SMILES string of the molecule is NCc1c(Cl)cccc1-c1cc[c]o1. The smallest absolute Gasteiger partial charge is 0.170 e. The van der Waals surface area contributed by atoms with Crippen molar-refractivity contribution < 1.29 is 4.42 Å². The van der Waals surface area contributed by atoms with E-state index in [1.54, 1.807) is 6.07 Å². The van der Waals surface area contributed by atoms with E-state index in [9.17, 15) is 0 Å². The summed E-state index contributed by atoms with van der Waals surface area (Å²) < 4.78 is 5.18. The van der Waals surface area contributed by atoms with Crippen molar-refractivity contribution in [2.24, 2.45) is 5.73 Å². The van der Waals surface area contributed by atoms with Crippen molar-refractivity contribution in [2.75, 3.05) is 0 Å². The van der Waals surface area contributed by atoms with E-state index < -0.39 is 0 Å². The predicted molar refractivity (Wildman–Crippen MR) is 55.9 cm³/mol. The van der Waals surface area contributed by atoms with Gasteiger partial charge in [0, 0.05) is 17.1 Å². The van der Waals surface area contributed by atoms with Crippen molar-refractivity contribution in [1.29, 1.82) is 0 Å². The second-order valence-electron chi connectivity index (χ2n) is 2.89. The summed E-state index contributed by atoms with van der Waals surface area (Å²) in [6.07, 6.45) is 2.64. The second kappa shape index (κ2) is 3.86. The molecule has 0 saturated heterocycles. The molecule has 0 unspecified atom stereocenters. The van der Waals surface area contributed by atoms with Crippen LogP contribution in [-0.2, 0) is 6.54 Å². The lowest BCUT2D eigenvalue weighted by molar-refractivity contribution is 0.572. The molecule has 1 aromatic heterocycles. The first kappa shape index (κ1) is 9.31. The van der Waals surface area contributed by atoms with Crippen LogP contribution >= 0.6 is 11.6 Å². The molecule has 0 aliphatic carbocycles. The molecule has 2 aromatic rings. The summed E-state index contributed by atoms with van der Waals surface area (Å²) in [4.78, 5) is 0. The summed E-state index contributed by atoms with van der Waals surface area (Å²) in [6, 6.07) is 9.18. The Hall–Kier alpha value is -1.25. The standard InChI is InChI=1S/C11H9ClNO/c12-10-4-1-3-8(9(10)7-13)11-5-2-6-14-11/h1-5H,7,13H2. The first-order chi connectivity index (χ1) is 6.83. The van der Waals surface area contributed by atoms with Gasteiger partial charge in [0.25, 0.3) is 0 Å². The van der Waals surface area contributed by atoms with E-state index in [-0.39, 0.29) is 0 Å². The van der Waals surface area contributed by atoms with Crippen LogP contribution < -0.4 is 5.73 Å². The first-order valence-electron chi connectivity index (χ1n) is 4.26. The number of hydrogen-bond donors (Lipinski definition) is 1. The van der Waals surface area contributed by atoms with Crippen LogP contribution in [0.15, 0.2) is 34.7 Å². The van der Waals surface area contributed by atoms with Crippen LogP contribution in [0.4, 0.5) is 0 Å². The lowest BCUT2D eigenvalue weighted by Gasteiger charge is -2.06. The highest BCUT2D eigenvalue weighted by molar-refractivity contribution is 6.31. The minimum atomic E-state index is 0.399. The third kappa shape index (κ3) is 1.54. The monoisotopic (exact) mass is 206 g/mol. The minimum absolute atomic E-state index is 0.399. The van der Waals surface area contributed by atoms with Crippen molar-refractivity contribution in [3.8, 4) is 11.3 Å². The zero-order chi connectivity index (χ0) is 9.97. The largest absolute Gasteiger partial charge is 0.453 e. The highest BCUT2D eigenvalue weighted by Crippen LogP contribution is 2.28. The molecule has 0 amide bonds. The summed E-state index contributed by atoms with van der Waals surface area (Å²) in [5, 5.41) is 0.668. The van der Waals surface area contributed by atoms with Crippen LogP contribution in [0.2, 0.25) is 5.02 Å². The average molecular weight is 207 g/mol. The molecule has 0 fully saturated rings. The molecule has 1 aromatic carbocycles. The second-order valence-corrected chi connectivity index (χ2v) is 3.29. The van der Waals surface area contributed by atoms with E-state index in [4.69, 9.17) is 21.8 Å². The van der Waals surface area contributed by atoms with Gasteiger partial charge >= 0.3 is 0 Å². The summed E-state index contributed by atoms with van der Waals surface area (Å²) in [7, 11) is 0. The maximum absolute atomic E-state index is 6.01. The van der Waals surface area contributed by atoms with Gasteiger partial charge in [-0.1, -0.05) is 23.7 Å². The molecule has 71 valence electrons. The Kier molecular flexibility index (Phi) is 2.57. The minimum Gasteiger partial charge on any atom is -0.453 e. The molecule has 1 heterocycles. The van der Waals surface area contributed by atoms with Crippen LogP contribution in [0.3, 0.4) is 0 Å². The lowest BCUT2D eigenvalue weighted by Crippen LogP contribution is -1.99. The molecule has 0 aliphatic heterocycles. The highest BCUT2D eigenvalue weighted by atomic mass is 35.5. The Morgan fingerprint density at radius 3 is 2.86 bits per heavy atom. The number of nitrogens with two attached hydrogens (primary N) is 1.